The molecule has 0 aliphatic carbocycles. The number of rotatable bonds is 10. The van der Waals surface area contributed by atoms with Crippen LogP contribution >= 0.6 is 23.2 Å². The summed E-state index contributed by atoms with van der Waals surface area (Å²) in [6.07, 6.45) is 1.50. The third-order valence-corrected chi connectivity index (χ3v) is 8.39. The van der Waals surface area contributed by atoms with Crippen LogP contribution in [0, 0.1) is 13.8 Å². The number of halogens is 2. The minimum Gasteiger partial charge on any atom is -0.492 e. The maximum Gasteiger partial charge on any atom is 0.264 e. The molecule has 1 heterocycles. The normalized spacial score (nSPS) is 11.5. The van der Waals surface area contributed by atoms with Crippen molar-refractivity contribution in [2.45, 2.75) is 25.7 Å². The Morgan fingerprint density at radius 3 is 2.45 bits per heavy atom. The predicted molar refractivity (Wildman–Crippen MR) is 160 cm³/mol. The van der Waals surface area contributed by atoms with Crippen molar-refractivity contribution in [1.82, 2.24) is 9.99 Å². The van der Waals surface area contributed by atoms with Gasteiger partial charge in [-0.3, -0.25) is 9.10 Å². The number of aryl methyl sites for hydroxylation is 1. The lowest BCUT2D eigenvalue weighted by Crippen LogP contribution is -2.39. The van der Waals surface area contributed by atoms with E-state index < -0.39 is 22.5 Å². The van der Waals surface area contributed by atoms with Crippen molar-refractivity contribution < 1.29 is 17.9 Å². The van der Waals surface area contributed by atoms with Gasteiger partial charge in [-0.2, -0.15) is 5.10 Å². The fourth-order valence-corrected chi connectivity index (χ4v) is 6.07. The van der Waals surface area contributed by atoms with Crippen LogP contribution in [0.15, 0.2) is 88.9 Å². The number of hydrazone groups is 1. The lowest BCUT2D eigenvalue weighted by atomic mass is 10.2. The van der Waals surface area contributed by atoms with E-state index in [1.54, 1.807) is 67.6 Å². The van der Waals surface area contributed by atoms with E-state index in [0.717, 1.165) is 26.9 Å². The molecule has 4 aromatic rings. The molecule has 208 valence electrons. The molecule has 3 aromatic carbocycles. The van der Waals surface area contributed by atoms with Gasteiger partial charge in [-0.05, 0) is 69.3 Å². The first-order chi connectivity index (χ1) is 19.1. The first-order valence-corrected chi connectivity index (χ1v) is 14.6. The summed E-state index contributed by atoms with van der Waals surface area (Å²) in [6.45, 7) is 5.42. The summed E-state index contributed by atoms with van der Waals surface area (Å²) in [5.41, 5.74) is 5.88. The zero-order valence-corrected chi connectivity index (χ0v) is 24.5. The smallest absolute Gasteiger partial charge is 0.264 e. The summed E-state index contributed by atoms with van der Waals surface area (Å²) in [5, 5.41) is 5.19. The van der Waals surface area contributed by atoms with Crippen LogP contribution in [0.3, 0.4) is 0 Å². The topological polar surface area (TPSA) is 93.0 Å². The van der Waals surface area contributed by atoms with Crippen molar-refractivity contribution in [3.63, 3.8) is 0 Å². The zero-order valence-electron chi connectivity index (χ0n) is 22.1. The number of hydrogen-bond donors (Lipinski definition) is 1. The second-order valence-electron chi connectivity index (χ2n) is 8.78. The monoisotopic (exact) mass is 598 g/mol. The van der Waals surface area contributed by atoms with E-state index in [-0.39, 0.29) is 10.6 Å². The van der Waals surface area contributed by atoms with Crippen LogP contribution in [0.2, 0.25) is 10.0 Å². The highest BCUT2D eigenvalue weighted by atomic mass is 35.5. The Morgan fingerprint density at radius 2 is 1.73 bits per heavy atom. The van der Waals surface area contributed by atoms with Crippen molar-refractivity contribution in [2.75, 3.05) is 17.5 Å². The van der Waals surface area contributed by atoms with E-state index in [2.05, 4.69) is 10.5 Å². The van der Waals surface area contributed by atoms with Crippen molar-refractivity contribution in [1.29, 1.82) is 0 Å². The number of hydrogen-bond acceptors (Lipinski definition) is 5. The van der Waals surface area contributed by atoms with Crippen LogP contribution in [-0.4, -0.2) is 38.3 Å². The molecule has 0 radical (unpaired) electrons. The van der Waals surface area contributed by atoms with Gasteiger partial charge in [0.25, 0.3) is 15.9 Å². The molecular weight excluding hydrogens is 571 g/mol. The molecular formula is C29H28Cl2N4O4S. The predicted octanol–water partition coefficient (Wildman–Crippen LogP) is 6.15. The molecule has 11 heteroatoms. The number of ether oxygens (including phenoxy) is 1. The minimum atomic E-state index is -4.10. The number of sulfonamides is 1. The van der Waals surface area contributed by atoms with Gasteiger partial charge < -0.3 is 9.30 Å². The molecule has 1 N–H and O–H groups in total. The second-order valence-corrected chi connectivity index (χ2v) is 11.5. The second kappa shape index (κ2) is 12.6. The van der Waals surface area contributed by atoms with Crippen LogP contribution < -0.4 is 14.5 Å². The van der Waals surface area contributed by atoms with E-state index >= 15 is 0 Å². The van der Waals surface area contributed by atoms with E-state index in [0.29, 0.717) is 22.4 Å². The fraction of sp³-hybridized carbons (Fsp3) is 0.172. The average molecular weight is 600 g/mol. The highest BCUT2D eigenvalue weighted by Gasteiger charge is 2.29. The van der Waals surface area contributed by atoms with Gasteiger partial charge >= 0.3 is 0 Å². The molecule has 1 amide bonds. The largest absolute Gasteiger partial charge is 0.492 e. The molecule has 0 spiro atoms. The summed E-state index contributed by atoms with van der Waals surface area (Å²) < 4.78 is 35.9. The van der Waals surface area contributed by atoms with E-state index in [9.17, 15) is 13.2 Å². The number of para-hydroxylation sites is 2. The van der Waals surface area contributed by atoms with E-state index in [4.69, 9.17) is 27.9 Å². The third kappa shape index (κ3) is 6.33. The number of anilines is 1. The van der Waals surface area contributed by atoms with Gasteiger partial charge in [0, 0.05) is 22.0 Å². The van der Waals surface area contributed by atoms with Crippen LogP contribution in [-0.2, 0) is 14.8 Å². The molecule has 40 heavy (non-hydrogen) atoms. The molecule has 0 atom stereocenters. The Labute approximate surface area is 243 Å². The van der Waals surface area contributed by atoms with Crippen LogP contribution in [0.5, 0.6) is 5.75 Å². The summed E-state index contributed by atoms with van der Waals surface area (Å²) in [4.78, 5) is 13.1. The highest BCUT2D eigenvalue weighted by molar-refractivity contribution is 7.92. The summed E-state index contributed by atoms with van der Waals surface area (Å²) in [7, 11) is -4.10. The summed E-state index contributed by atoms with van der Waals surface area (Å²) >= 11 is 12.6. The number of aromatic nitrogens is 1. The highest BCUT2D eigenvalue weighted by Crippen LogP contribution is 2.32. The Bertz CT molecular complexity index is 1650. The van der Waals surface area contributed by atoms with E-state index in [1.165, 1.54) is 18.3 Å². The molecule has 1 aromatic heterocycles. The molecule has 8 nitrogen and oxygen atoms in total. The van der Waals surface area contributed by atoms with Crippen molar-refractivity contribution in [3.8, 4) is 11.4 Å². The average Bonchev–Trinajstić information content (AvgIpc) is 3.22. The number of nitrogens with zero attached hydrogens (tertiary/aromatic N) is 3. The Hall–Kier alpha value is -3.79. The Morgan fingerprint density at radius 1 is 1.02 bits per heavy atom. The number of carbonyl (C=O) groups excluding carboxylic acids is 1. The van der Waals surface area contributed by atoms with Crippen molar-refractivity contribution in [3.05, 3.63) is 106 Å². The molecule has 0 aliphatic rings. The maximum atomic E-state index is 13.6. The molecule has 0 aliphatic heterocycles. The van der Waals surface area contributed by atoms with Crippen LogP contribution in [0.4, 0.5) is 5.69 Å². The summed E-state index contributed by atoms with van der Waals surface area (Å²) in [5.74, 6) is -0.290. The number of nitrogens with one attached hydrogen (secondary N) is 1. The lowest BCUT2D eigenvalue weighted by molar-refractivity contribution is -0.119. The number of benzene rings is 3. The lowest BCUT2D eigenvalue weighted by Gasteiger charge is -2.25. The zero-order chi connectivity index (χ0) is 28.9. The SMILES string of the molecule is CCOc1ccccc1N(CC(=O)N/N=C/c1cc(C)n(-c2cc(Cl)ccc2Cl)c1C)S(=O)(=O)c1ccccc1. The van der Waals surface area contributed by atoms with Gasteiger partial charge in [0.1, 0.15) is 12.3 Å². The van der Waals surface area contributed by atoms with Gasteiger partial charge in [0.05, 0.1) is 34.1 Å². The molecule has 4 rings (SSSR count). The Kier molecular flexibility index (Phi) is 9.19. The quantitative estimate of drug-likeness (QED) is 0.175. The number of carbonyl (C=O) groups is 1. The molecule has 0 saturated carbocycles. The standard InChI is InChI=1S/C29H28Cl2N4O4S/c1-4-39-28-13-9-8-12-26(28)34(40(37,38)24-10-6-5-7-11-24)19-29(36)33-32-18-22-16-20(2)35(21(22)3)27-17-23(30)14-15-25(27)31/h5-18H,4,19H2,1-3H3,(H,33,36)/b32-18+. The van der Waals surface area contributed by atoms with Crippen LogP contribution in [0.1, 0.15) is 23.9 Å². The first kappa shape index (κ1) is 29.2. The van der Waals surface area contributed by atoms with Gasteiger partial charge in [0.15, 0.2) is 0 Å². The van der Waals surface area contributed by atoms with Crippen molar-refractivity contribution >= 4 is 51.0 Å². The van der Waals surface area contributed by atoms with Gasteiger partial charge in [-0.25, -0.2) is 13.8 Å². The van der Waals surface area contributed by atoms with Gasteiger partial charge in [-0.15, -0.1) is 0 Å². The van der Waals surface area contributed by atoms with Crippen molar-refractivity contribution in [2.24, 2.45) is 5.10 Å². The van der Waals surface area contributed by atoms with Gasteiger partial charge in [0.2, 0.25) is 0 Å². The minimum absolute atomic E-state index is 0.0460. The molecule has 0 fully saturated rings. The number of amides is 1. The molecule has 0 unspecified atom stereocenters. The molecule has 0 saturated heterocycles. The Balaban J connectivity index is 1.59. The first-order valence-electron chi connectivity index (χ1n) is 12.4. The van der Waals surface area contributed by atoms with Gasteiger partial charge in [-0.1, -0.05) is 53.5 Å². The third-order valence-electron chi connectivity index (χ3n) is 6.06. The van der Waals surface area contributed by atoms with E-state index in [1.807, 2.05) is 24.5 Å². The summed E-state index contributed by atoms with van der Waals surface area (Å²) in [6, 6.07) is 21.7. The maximum absolute atomic E-state index is 13.6. The fourth-order valence-electron chi connectivity index (χ4n) is 4.25. The molecule has 0 bridgehead atoms. The van der Waals surface area contributed by atoms with Crippen LogP contribution in [0.25, 0.3) is 5.69 Å².